The first-order chi connectivity index (χ1) is 15.8. The van der Waals surface area contributed by atoms with E-state index >= 15 is 0 Å². The molecule has 0 aliphatic rings. The highest BCUT2D eigenvalue weighted by Crippen LogP contribution is 2.01. The zero-order valence-electron chi connectivity index (χ0n) is 22.5. The lowest BCUT2D eigenvalue weighted by Crippen LogP contribution is -2.05. The fourth-order valence-corrected chi connectivity index (χ4v) is 1.24. The Morgan fingerprint density at radius 3 is 1.06 bits per heavy atom. The number of carboxylic acid groups (broad SMARTS) is 3. The Morgan fingerprint density at radius 1 is 0.559 bits per heavy atom. The molecule has 0 atom stereocenters. The van der Waals surface area contributed by atoms with Crippen LogP contribution < -0.4 is 0 Å². The molecule has 0 aliphatic heterocycles. The molecule has 34 heavy (non-hydrogen) atoms. The molecule has 0 radical (unpaired) electrons. The van der Waals surface area contributed by atoms with Crippen molar-refractivity contribution >= 4 is 23.9 Å². The Kier molecular flexibility index (Phi) is 64.4. The molecule has 0 saturated heterocycles. The van der Waals surface area contributed by atoms with Crippen LogP contribution in [0.5, 0.6) is 0 Å². The summed E-state index contributed by atoms with van der Waals surface area (Å²) in [6.45, 7) is 12.9. The van der Waals surface area contributed by atoms with E-state index in [-0.39, 0.29) is 5.97 Å². The second-order valence-corrected chi connectivity index (χ2v) is 6.74. The molecular weight excluding hydrogens is 448 g/mol. The number of carboxylic acids is 3. The van der Waals surface area contributed by atoms with Gasteiger partial charge in [0.1, 0.15) is 0 Å². The number of carbonyl (C=O) groups is 4. The molecule has 0 aliphatic carbocycles. The SMILES string of the molecule is CC(=O)O.CC(=O)O.CC(=O)O.CCCCCC(=O)OCCCC.CCCCO.CCCCO. The molecule has 0 rings (SSSR count). The average Bonchev–Trinajstić information content (AvgIpc) is 2.69. The predicted octanol–water partition coefficient (Wildman–Crippen LogP) is 4.74. The Bertz CT molecular complexity index is 350. The zero-order valence-corrected chi connectivity index (χ0v) is 22.5. The summed E-state index contributed by atoms with van der Waals surface area (Å²) in [7, 11) is 0. The van der Waals surface area contributed by atoms with Crippen LogP contribution in [-0.2, 0) is 23.9 Å². The summed E-state index contributed by atoms with van der Waals surface area (Å²) in [5.74, 6) is -2.53. The summed E-state index contributed by atoms with van der Waals surface area (Å²) in [6, 6.07) is 0. The van der Waals surface area contributed by atoms with E-state index in [9.17, 15) is 4.79 Å². The van der Waals surface area contributed by atoms with Crippen molar-refractivity contribution < 1.29 is 49.4 Å². The van der Waals surface area contributed by atoms with Crippen molar-refractivity contribution in [2.24, 2.45) is 0 Å². The number of ether oxygens (including phenoxy) is 1. The van der Waals surface area contributed by atoms with Crippen LogP contribution in [0.2, 0.25) is 0 Å². The molecule has 0 bridgehead atoms. The second kappa shape index (κ2) is 48.3. The number of aliphatic hydroxyl groups excluding tert-OH is 2. The van der Waals surface area contributed by atoms with Crippen LogP contribution in [0.1, 0.15) is 113 Å². The van der Waals surface area contributed by atoms with Crippen molar-refractivity contribution in [2.75, 3.05) is 19.8 Å². The van der Waals surface area contributed by atoms with Gasteiger partial charge in [-0.1, -0.05) is 59.8 Å². The first-order valence-electron chi connectivity index (χ1n) is 11.8. The molecule has 5 N–H and O–H groups in total. The summed E-state index contributed by atoms with van der Waals surface area (Å²) >= 11 is 0. The molecule has 0 fully saturated rings. The third-order valence-corrected chi connectivity index (χ3v) is 2.77. The van der Waals surface area contributed by atoms with Crippen molar-refractivity contribution in [1.82, 2.24) is 0 Å². The van der Waals surface area contributed by atoms with Crippen molar-refractivity contribution in [3.8, 4) is 0 Å². The van der Waals surface area contributed by atoms with Crippen LogP contribution in [-0.4, -0.2) is 69.2 Å². The van der Waals surface area contributed by atoms with Crippen molar-refractivity contribution in [2.45, 2.75) is 113 Å². The number of carbonyl (C=O) groups excluding carboxylic acids is 1. The smallest absolute Gasteiger partial charge is 0.305 e. The average molecular weight is 501 g/mol. The van der Waals surface area contributed by atoms with Gasteiger partial charge in [0, 0.05) is 40.4 Å². The molecule has 0 aromatic carbocycles. The van der Waals surface area contributed by atoms with Gasteiger partial charge in [-0.15, -0.1) is 0 Å². The minimum atomic E-state index is -0.833. The Balaban J connectivity index is -0.0000000753. The molecule has 0 heterocycles. The van der Waals surface area contributed by atoms with E-state index < -0.39 is 17.9 Å². The highest BCUT2D eigenvalue weighted by Gasteiger charge is 2.00. The Labute approximate surface area is 206 Å². The summed E-state index contributed by atoms with van der Waals surface area (Å²) in [5, 5.41) is 38.4. The van der Waals surface area contributed by atoms with Gasteiger partial charge in [-0.25, -0.2) is 0 Å². The van der Waals surface area contributed by atoms with E-state index in [0.29, 0.717) is 26.2 Å². The van der Waals surface area contributed by atoms with Gasteiger partial charge < -0.3 is 30.3 Å². The molecule has 0 unspecified atom stereocenters. The van der Waals surface area contributed by atoms with E-state index in [0.717, 1.165) is 78.6 Å². The Hall–Kier alpha value is -2.20. The van der Waals surface area contributed by atoms with Gasteiger partial charge in [-0.2, -0.15) is 0 Å². The normalized spacial score (nSPS) is 8.15. The van der Waals surface area contributed by atoms with Gasteiger partial charge in [0.2, 0.25) is 0 Å². The predicted molar refractivity (Wildman–Crippen MR) is 134 cm³/mol. The van der Waals surface area contributed by atoms with Crippen LogP contribution in [0.4, 0.5) is 0 Å². The molecule has 10 heteroatoms. The molecule has 208 valence electrons. The minimum absolute atomic E-state index is 0.0306. The van der Waals surface area contributed by atoms with Gasteiger partial charge in [0.25, 0.3) is 17.9 Å². The van der Waals surface area contributed by atoms with E-state index in [2.05, 4.69) is 27.7 Å². The molecule has 0 aromatic rings. The number of unbranched alkanes of at least 4 members (excludes halogenated alkanes) is 5. The number of hydrogen-bond donors (Lipinski definition) is 5. The maximum Gasteiger partial charge on any atom is 0.305 e. The minimum Gasteiger partial charge on any atom is -0.481 e. The van der Waals surface area contributed by atoms with Crippen LogP contribution in [0, 0.1) is 0 Å². The first kappa shape index (κ1) is 45.3. The quantitative estimate of drug-likeness (QED) is 0.196. The third-order valence-electron chi connectivity index (χ3n) is 2.77. The number of esters is 1. The zero-order chi connectivity index (χ0) is 28.2. The van der Waals surface area contributed by atoms with Gasteiger partial charge in [-0.05, 0) is 25.7 Å². The number of aliphatic carboxylic acids is 3. The highest BCUT2D eigenvalue weighted by atomic mass is 16.5. The number of aliphatic hydroxyl groups is 2. The summed E-state index contributed by atoms with van der Waals surface area (Å²) < 4.78 is 4.99. The van der Waals surface area contributed by atoms with Gasteiger partial charge >= 0.3 is 5.97 Å². The van der Waals surface area contributed by atoms with Crippen LogP contribution in [0.3, 0.4) is 0 Å². The van der Waals surface area contributed by atoms with Crippen LogP contribution >= 0.6 is 0 Å². The molecule has 0 aromatic heterocycles. The largest absolute Gasteiger partial charge is 0.481 e. The topological polar surface area (TPSA) is 179 Å². The lowest BCUT2D eigenvalue weighted by atomic mass is 10.2. The molecule has 10 nitrogen and oxygen atoms in total. The summed E-state index contributed by atoms with van der Waals surface area (Å²) in [4.78, 5) is 38.0. The van der Waals surface area contributed by atoms with Gasteiger partial charge in [0.05, 0.1) is 6.61 Å². The highest BCUT2D eigenvalue weighted by molar-refractivity contribution is 5.69. The van der Waals surface area contributed by atoms with Crippen molar-refractivity contribution in [1.29, 1.82) is 0 Å². The molecule has 0 amide bonds. The number of hydrogen-bond acceptors (Lipinski definition) is 7. The van der Waals surface area contributed by atoms with E-state index in [4.69, 9.17) is 44.7 Å². The summed E-state index contributed by atoms with van der Waals surface area (Å²) in [6.07, 6.45) is 10.00. The third kappa shape index (κ3) is 178. The van der Waals surface area contributed by atoms with Gasteiger partial charge in [0.15, 0.2) is 0 Å². The van der Waals surface area contributed by atoms with E-state index in [1.807, 2.05) is 0 Å². The van der Waals surface area contributed by atoms with E-state index in [1.54, 1.807) is 0 Å². The van der Waals surface area contributed by atoms with Crippen LogP contribution in [0.15, 0.2) is 0 Å². The molecule has 0 saturated carbocycles. The molecular formula is C24H52O10. The fraction of sp³-hybridized carbons (Fsp3) is 0.833. The first-order valence-corrected chi connectivity index (χ1v) is 11.8. The second-order valence-electron chi connectivity index (χ2n) is 6.74. The molecule has 0 spiro atoms. The van der Waals surface area contributed by atoms with Gasteiger partial charge in [-0.3, -0.25) is 19.2 Å². The maximum absolute atomic E-state index is 11.0. The lowest BCUT2D eigenvalue weighted by molar-refractivity contribution is -0.144. The lowest BCUT2D eigenvalue weighted by Gasteiger charge is -2.02. The monoisotopic (exact) mass is 500 g/mol. The fourth-order valence-electron chi connectivity index (χ4n) is 1.24. The van der Waals surface area contributed by atoms with E-state index in [1.165, 1.54) is 0 Å². The summed E-state index contributed by atoms with van der Waals surface area (Å²) in [5.41, 5.74) is 0. The standard InChI is InChI=1S/C10H20O2.2C4H10O.3C2H4O2/c1-3-5-7-8-10(11)12-9-6-4-2;2*1-2-3-4-5;3*1-2(3)4/h3-9H2,1-2H3;2*5H,2-4H2,1H3;3*1H3,(H,3,4). The van der Waals surface area contributed by atoms with Crippen molar-refractivity contribution in [3.63, 3.8) is 0 Å². The van der Waals surface area contributed by atoms with Crippen molar-refractivity contribution in [3.05, 3.63) is 0 Å². The Morgan fingerprint density at radius 2 is 0.853 bits per heavy atom. The maximum atomic E-state index is 11.0. The van der Waals surface area contributed by atoms with Crippen LogP contribution in [0.25, 0.3) is 0 Å². The number of rotatable bonds is 11.